The molecule has 1 aromatic carbocycles. The number of tetrazole rings is 1. The van der Waals surface area contributed by atoms with Crippen LogP contribution in [0, 0.1) is 0 Å². The first kappa shape index (κ1) is 22.2. The van der Waals surface area contributed by atoms with Crippen molar-refractivity contribution >= 4 is 17.7 Å². The lowest BCUT2D eigenvalue weighted by molar-refractivity contribution is 0.0591. The molecule has 1 aliphatic heterocycles. The van der Waals surface area contributed by atoms with Crippen molar-refractivity contribution in [3.8, 4) is 11.4 Å². The first-order valence-electron chi connectivity index (χ1n) is 10.5. The van der Waals surface area contributed by atoms with Crippen LogP contribution >= 0.6 is 0 Å². The van der Waals surface area contributed by atoms with Crippen LogP contribution in [-0.4, -0.2) is 74.8 Å². The number of hydrogen-bond donors (Lipinski definition) is 1. The van der Waals surface area contributed by atoms with E-state index in [0.29, 0.717) is 29.4 Å². The van der Waals surface area contributed by atoms with Crippen molar-refractivity contribution in [3.05, 3.63) is 54.0 Å². The number of esters is 1. The summed E-state index contributed by atoms with van der Waals surface area (Å²) < 4.78 is 10.2. The third-order valence-corrected chi connectivity index (χ3v) is 5.70. The topological polar surface area (TPSA) is 124 Å². The molecule has 11 heteroatoms. The summed E-state index contributed by atoms with van der Waals surface area (Å²) in [5.74, 6) is 0.0496. The Morgan fingerprint density at radius 3 is 2.70 bits per heavy atom. The van der Waals surface area contributed by atoms with Gasteiger partial charge in [0.05, 0.1) is 19.8 Å². The highest BCUT2D eigenvalue weighted by Crippen LogP contribution is 2.28. The van der Waals surface area contributed by atoms with E-state index < -0.39 is 5.97 Å². The highest BCUT2D eigenvalue weighted by molar-refractivity contribution is 5.98. The molecule has 0 spiro atoms. The second-order valence-electron chi connectivity index (χ2n) is 7.70. The number of nitrogens with zero attached hydrogens (tertiary/aromatic N) is 6. The van der Waals surface area contributed by atoms with Gasteiger partial charge in [-0.1, -0.05) is 12.1 Å². The molecule has 11 nitrogen and oxygen atoms in total. The first-order valence-corrected chi connectivity index (χ1v) is 10.5. The summed E-state index contributed by atoms with van der Waals surface area (Å²) in [7, 11) is 2.79. The summed E-state index contributed by atoms with van der Waals surface area (Å²) in [5, 5.41) is 15.0. The number of pyridine rings is 1. The number of amides is 1. The molecule has 2 atom stereocenters. The SMILES string of the molecule is COC(=O)c1c(OC)ccnc1N[C@@H]1CC[C@@H](C)N(C(=O)c2ccccc2-n2ncnn2)C1. The van der Waals surface area contributed by atoms with Crippen LogP contribution in [0.2, 0.25) is 0 Å². The molecule has 3 heterocycles. The summed E-state index contributed by atoms with van der Waals surface area (Å²) >= 11 is 0. The number of benzene rings is 1. The van der Waals surface area contributed by atoms with Gasteiger partial charge in [0.15, 0.2) is 6.33 Å². The molecule has 0 unspecified atom stereocenters. The summed E-state index contributed by atoms with van der Waals surface area (Å²) in [5.41, 5.74) is 1.27. The van der Waals surface area contributed by atoms with Gasteiger partial charge in [0.1, 0.15) is 22.8 Å². The van der Waals surface area contributed by atoms with E-state index in [1.807, 2.05) is 17.9 Å². The Morgan fingerprint density at radius 1 is 1.15 bits per heavy atom. The number of hydrogen-bond acceptors (Lipinski definition) is 9. The number of anilines is 1. The van der Waals surface area contributed by atoms with Crippen molar-refractivity contribution in [3.63, 3.8) is 0 Å². The van der Waals surface area contributed by atoms with Crippen molar-refractivity contribution in [2.45, 2.75) is 31.8 Å². The minimum Gasteiger partial charge on any atom is -0.496 e. The fourth-order valence-electron chi connectivity index (χ4n) is 3.99. The lowest BCUT2D eigenvalue weighted by Gasteiger charge is -2.39. The van der Waals surface area contributed by atoms with E-state index in [-0.39, 0.29) is 23.6 Å². The van der Waals surface area contributed by atoms with Crippen LogP contribution in [0.3, 0.4) is 0 Å². The molecule has 1 fully saturated rings. The zero-order valence-corrected chi connectivity index (χ0v) is 18.6. The van der Waals surface area contributed by atoms with Crippen LogP contribution in [0.1, 0.15) is 40.5 Å². The fourth-order valence-corrected chi connectivity index (χ4v) is 3.99. The zero-order chi connectivity index (χ0) is 23.4. The predicted molar refractivity (Wildman–Crippen MR) is 118 cm³/mol. The number of nitrogens with one attached hydrogen (secondary N) is 1. The molecule has 1 N–H and O–H groups in total. The zero-order valence-electron chi connectivity index (χ0n) is 18.6. The summed E-state index contributed by atoms with van der Waals surface area (Å²) in [6.07, 6.45) is 4.47. The highest BCUT2D eigenvalue weighted by Gasteiger charge is 2.32. The van der Waals surface area contributed by atoms with Crippen LogP contribution < -0.4 is 10.1 Å². The molecule has 1 amide bonds. The maximum absolute atomic E-state index is 13.5. The molecule has 2 aromatic heterocycles. The van der Waals surface area contributed by atoms with Crippen molar-refractivity contribution in [1.29, 1.82) is 0 Å². The Kier molecular flexibility index (Phi) is 6.48. The normalized spacial score (nSPS) is 18.0. The molecular weight excluding hydrogens is 426 g/mol. The summed E-state index contributed by atoms with van der Waals surface area (Å²) in [6, 6.07) is 8.68. The van der Waals surface area contributed by atoms with E-state index in [4.69, 9.17) is 9.47 Å². The minimum atomic E-state index is -0.547. The van der Waals surface area contributed by atoms with Crippen LogP contribution in [0.5, 0.6) is 5.75 Å². The number of carbonyl (C=O) groups is 2. The van der Waals surface area contributed by atoms with E-state index in [9.17, 15) is 9.59 Å². The second-order valence-corrected chi connectivity index (χ2v) is 7.70. The number of likely N-dealkylation sites (tertiary alicyclic amines) is 1. The third kappa shape index (κ3) is 4.47. The number of ether oxygens (including phenoxy) is 2. The molecule has 1 aliphatic rings. The van der Waals surface area contributed by atoms with E-state index >= 15 is 0 Å². The molecule has 4 rings (SSSR count). The van der Waals surface area contributed by atoms with Gasteiger partial charge in [0, 0.05) is 24.8 Å². The maximum Gasteiger partial charge on any atom is 0.345 e. The largest absolute Gasteiger partial charge is 0.496 e. The molecule has 0 radical (unpaired) electrons. The van der Waals surface area contributed by atoms with Gasteiger partial charge in [0.2, 0.25) is 0 Å². The average Bonchev–Trinajstić information content (AvgIpc) is 3.39. The monoisotopic (exact) mass is 451 g/mol. The molecule has 0 aliphatic carbocycles. The minimum absolute atomic E-state index is 0.0330. The van der Waals surface area contributed by atoms with Gasteiger partial charge in [-0.2, -0.15) is 0 Å². The Balaban J connectivity index is 1.58. The fraction of sp³-hybridized carbons (Fsp3) is 0.364. The number of carbonyl (C=O) groups excluding carboxylic acids is 2. The van der Waals surface area contributed by atoms with Gasteiger partial charge in [-0.15, -0.1) is 15.0 Å². The predicted octanol–water partition coefficient (Wildman–Crippen LogP) is 1.96. The smallest absolute Gasteiger partial charge is 0.345 e. The van der Waals surface area contributed by atoms with E-state index in [1.54, 1.807) is 30.5 Å². The Labute approximate surface area is 190 Å². The van der Waals surface area contributed by atoms with Crippen molar-refractivity contribution < 1.29 is 19.1 Å². The molecular formula is C22H25N7O4. The molecule has 33 heavy (non-hydrogen) atoms. The van der Waals surface area contributed by atoms with Gasteiger partial charge >= 0.3 is 5.97 Å². The van der Waals surface area contributed by atoms with E-state index in [1.165, 1.54) is 25.3 Å². The van der Waals surface area contributed by atoms with Gasteiger partial charge < -0.3 is 19.7 Å². The number of piperidine rings is 1. The van der Waals surface area contributed by atoms with Crippen molar-refractivity contribution in [2.24, 2.45) is 0 Å². The van der Waals surface area contributed by atoms with Gasteiger partial charge in [-0.05, 0) is 43.2 Å². The second kappa shape index (κ2) is 9.63. The van der Waals surface area contributed by atoms with Crippen LogP contribution in [0.15, 0.2) is 42.9 Å². The lowest BCUT2D eigenvalue weighted by atomic mass is 9.97. The Bertz CT molecular complexity index is 1140. The lowest BCUT2D eigenvalue weighted by Crippen LogP contribution is -2.50. The van der Waals surface area contributed by atoms with E-state index in [2.05, 4.69) is 25.7 Å². The van der Waals surface area contributed by atoms with Gasteiger partial charge in [-0.3, -0.25) is 4.79 Å². The Hall–Kier alpha value is -4.02. The number of para-hydroxylation sites is 1. The van der Waals surface area contributed by atoms with Crippen LogP contribution in [0.25, 0.3) is 5.69 Å². The van der Waals surface area contributed by atoms with Crippen LogP contribution in [-0.2, 0) is 4.74 Å². The number of aromatic nitrogens is 5. The van der Waals surface area contributed by atoms with Gasteiger partial charge in [0.25, 0.3) is 5.91 Å². The Morgan fingerprint density at radius 2 is 1.97 bits per heavy atom. The molecule has 0 saturated carbocycles. The van der Waals surface area contributed by atoms with Gasteiger partial charge in [-0.25, -0.2) is 9.78 Å². The molecule has 1 saturated heterocycles. The molecule has 0 bridgehead atoms. The van der Waals surface area contributed by atoms with E-state index in [0.717, 1.165) is 12.8 Å². The van der Waals surface area contributed by atoms with Crippen LogP contribution in [0.4, 0.5) is 5.82 Å². The molecule has 3 aromatic rings. The quantitative estimate of drug-likeness (QED) is 0.560. The summed E-state index contributed by atoms with van der Waals surface area (Å²) in [6.45, 7) is 2.45. The average molecular weight is 451 g/mol. The van der Waals surface area contributed by atoms with Crippen molar-refractivity contribution in [1.82, 2.24) is 30.1 Å². The highest BCUT2D eigenvalue weighted by atomic mass is 16.5. The third-order valence-electron chi connectivity index (χ3n) is 5.70. The van der Waals surface area contributed by atoms with Crippen molar-refractivity contribution in [2.75, 3.05) is 26.1 Å². The standard InChI is InChI=1S/C22H25N7O4/c1-14-8-9-15(26-20-19(22(31)33-3)18(32-2)10-11-23-20)12-28(14)21(30)16-6-4-5-7-17(16)29-25-13-24-27-29/h4-7,10-11,13-15H,8-9,12H2,1-3H3,(H,23,26)/t14-,15-/m1/s1. The molecule has 172 valence electrons. The first-order chi connectivity index (χ1) is 16.0. The maximum atomic E-state index is 13.5. The number of rotatable bonds is 6. The number of methoxy groups -OCH3 is 2. The summed E-state index contributed by atoms with van der Waals surface area (Å²) in [4.78, 5) is 33.4.